The first-order valence-electron chi connectivity index (χ1n) is 10.9. The second-order valence-electron chi connectivity index (χ2n) is 7.80. The van der Waals surface area contributed by atoms with Gasteiger partial charge in [-0.2, -0.15) is 0 Å². The molecule has 2 fully saturated rings. The van der Waals surface area contributed by atoms with E-state index in [-0.39, 0.29) is 5.91 Å². The summed E-state index contributed by atoms with van der Waals surface area (Å²) in [5.74, 6) is 0.878. The van der Waals surface area contributed by atoms with Crippen molar-refractivity contribution >= 4 is 11.9 Å². The summed E-state index contributed by atoms with van der Waals surface area (Å²) < 4.78 is 0. The van der Waals surface area contributed by atoms with Crippen LogP contribution in [-0.4, -0.2) is 61.6 Å². The number of likely N-dealkylation sites (tertiary alicyclic amines) is 1. The molecule has 0 spiro atoms. The zero-order valence-electron chi connectivity index (χ0n) is 17.1. The molecule has 3 N–H and O–H groups in total. The van der Waals surface area contributed by atoms with Crippen molar-refractivity contribution in [2.45, 2.75) is 57.5 Å². The van der Waals surface area contributed by atoms with E-state index in [1.165, 1.54) is 38.6 Å². The Labute approximate surface area is 169 Å². The summed E-state index contributed by atoms with van der Waals surface area (Å²) in [6, 6.07) is 10.6. The molecule has 1 unspecified atom stereocenters. The Morgan fingerprint density at radius 2 is 1.93 bits per heavy atom. The average molecular weight is 386 g/mol. The number of amides is 1. The number of benzene rings is 1. The summed E-state index contributed by atoms with van der Waals surface area (Å²) in [5, 5.41) is 9.92. The van der Waals surface area contributed by atoms with Gasteiger partial charge in [0.1, 0.15) is 0 Å². The Hall–Kier alpha value is -2.08. The van der Waals surface area contributed by atoms with Crippen molar-refractivity contribution in [2.75, 3.05) is 32.7 Å². The van der Waals surface area contributed by atoms with E-state index in [0.29, 0.717) is 24.7 Å². The fourth-order valence-electron chi connectivity index (χ4n) is 4.18. The summed E-state index contributed by atoms with van der Waals surface area (Å²) in [6.45, 7) is 6.61. The van der Waals surface area contributed by atoms with Crippen LogP contribution in [0, 0.1) is 0 Å². The summed E-state index contributed by atoms with van der Waals surface area (Å²) in [7, 11) is 0. The highest BCUT2D eigenvalue weighted by molar-refractivity contribution is 5.94. The van der Waals surface area contributed by atoms with Crippen LogP contribution in [0.4, 0.5) is 0 Å². The molecule has 1 amide bonds. The van der Waals surface area contributed by atoms with Crippen LogP contribution >= 0.6 is 0 Å². The monoisotopic (exact) mass is 385 g/mol. The molecule has 1 heterocycles. The lowest BCUT2D eigenvalue weighted by Crippen LogP contribution is -2.45. The van der Waals surface area contributed by atoms with E-state index < -0.39 is 0 Å². The van der Waals surface area contributed by atoms with Gasteiger partial charge < -0.3 is 16.0 Å². The smallest absolute Gasteiger partial charge is 0.251 e. The third kappa shape index (κ3) is 6.23. The molecular formula is C22H35N5O. The lowest BCUT2D eigenvalue weighted by atomic mass is 10.2. The highest BCUT2D eigenvalue weighted by Gasteiger charge is 2.30. The summed E-state index contributed by atoms with van der Waals surface area (Å²) in [4.78, 5) is 19.4. The maximum absolute atomic E-state index is 12.0. The average Bonchev–Trinajstić information content (AvgIpc) is 3.40. The van der Waals surface area contributed by atoms with Crippen molar-refractivity contribution in [3.8, 4) is 0 Å². The highest BCUT2D eigenvalue weighted by Crippen LogP contribution is 2.26. The van der Waals surface area contributed by atoms with Crippen LogP contribution in [-0.2, 0) is 0 Å². The highest BCUT2D eigenvalue weighted by atomic mass is 16.1. The van der Waals surface area contributed by atoms with E-state index in [1.54, 1.807) is 0 Å². The van der Waals surface area contributed by atoms with Gasteiger partial charge in [-0.3, -0.25) is 14.7 Å². The van der Waals surface area contributed by atoms with Crippen LogP contribution in [0.25, 0.3) is 0 Å². The predicted molar refractivity (Wildman–Crippen MR) is 115 cm³/mol. The van der Waals surface area contributed by atoms with Crippen LogP contribution in [0.3, 0.4) is 0 Å². The molecule has 6 nitrogen and oxygen atoms in total. The van der Waals surface area contributed by atoms with Crippen LogP contribution in [0.1, 0.15) is 55.8 Å². The normalized spacial score (nSPS) is 21.0. The molecular weight excluding hydrogens is 350 g/mol. The molecule has 0 aromatic heterocycles. The maximum atomic E-state index is 12.0. The molecule has 1 aliphatic carbocycles. The summed E-state index contributed by atoms with van der Waals surface area (Å²) in [5.41, 5.74) is 0.703. The van der Waals surface area contributed by atoms with Gasteiger partial charge in [-0.25, -0.2) is 0 Å². The molecule has 1 aromatic rings. The van der Waals surface area contributed by atoms with Gasteiger partial charge in [0.25, 0.3) is 5.91 Å². The van der Waals surface area contributed by atoms with Gasteiger partial charge in [0.05, 0.1) is 0 Å². The topological polar surface area (TPSA) is 68.8 Å². The molecule has 0 radical (unpaired) electrons. The minimum Gasteiger partial charge on any atom is -0.357 e. The summed E-state index contributed by atoms with van der Waals surface area (Å²) >= 11 is 0. The predicted octanol–water partition coefficient (Wildman–Crippen LogP) is 2.38. The fourth-order valence-corrected chi connectivity index (χ4v) is 4.18. The molecule has 1 aliphatic heterocycles. The molecule has 1 saturated carbocycles. The van der Waals surface area contributed by atoms with Gasteiger partial charge in [0.2, 0.25) is 0 Å². The van der Waals surface area contributed by atoms with Crippen LogP contribution in [0.15, 0.2) is 35.3 Å². The SMILES string of the molecule is CCNC(=NCCCNC(=O)c1ccccc1)NC1CCN(C2CCCC2)C1. The molecule has 3 rings (SSSR count). The molecule has 0 bridgehead atoms. The molecule has 1 saturated heterocycles. The fraction of sp³-hybridized carbons (Fsp3) is 0.636. The molecule has 1 aromatic carbocycles. The quantitative estimate of drug-likeness (QED) is 0.365. The number of aliphatic imine (C=N–C) groups is 1. The van der Waals surface area contributed by atoms with E-state index in [0.717, 1.165) is 31.5 Å². The Balaban J connectivity index is 1.37. The van der Waals surface area contributed by atoms with Crippen molar-refractivity contribution in [3.63, 3.8) is 0 Å². The first-order valence-corrected chi connectivity index (χ1v) is 10.9. The van der Waals surface area contributed by atoms with E-state index in [2.05, 4.69) is 27.8 Å². The third-order valence-electron chi connectivity index (χ3n) is 5.67. The van der Waals surface area contributed by atoms with E-state index in [1.807, 2.05) is 30.3 Å². The van der Waals surface area contributed by atoms with Gasteiger partial charge in [-0.05, 0) is 44.7 Å². The Kier molecular flexibility index (Phi) is 8.15. The van der Waals surface area contributed by atoms with Gasteiger partial charge >= 0.3 is 0 Å². The molecule has 28 heavy (non-hydrogen) atoms. The van der Waals surface area contributed by atoms with Crippen molar-refractivity contribution in [1.82, 2.24) is 20.9 Å². The van der Waals surface area contributed by atoms with Gasteiger partial charge in [-0.1, -0.05) is 31.0 Å². The van der Waals surface area contributed by atoms with E-state index >= 15 is 0 Å². The standard InChI is InChI=1S/C22H35N5O/c1-2-23-22(26-19-13-16-27(17-19)20-11-6-7-12-20)25-15-8-14-24-21(28)18-9-4-3-5-10-18/h3-5,9-10,19-20H,2,6-8,11-17H2,1H3,(H,24,28)(H2,23,25,26). The lowest BCUT2D eigenvalue weighted by Gasteiger charge is -2.24. The molecule has 1 atom stereocenters. The number of carbonyl (C=O) groups excluding carboxylic acids is 1. The molecule has 154 valence electrons. The van der Waals surface area contributed by atoms with Gasteiger partial charge in [0, 0.05) is 50.4 Å². The Bertz CT molecular complexity index is 627. The van der Waals surface area contributed by atoms with Crippen LogP contribution < -0.4 is 16.0 Å². The minimum absolute atomic E-state index is 0.0208. The number of guanidine groups is 1. The van der Waals surface area contributed by atoms with E-state index in [9.17, 15) is 4.79 Å². The van der Waals surface area contributed by atoms with Gasteiger partial charge in [0.15, 0.2) is 5.96 Å². The Morgan fingerprint density at radius 1 is 1.14 bits per heavy atom. The first kappa shape index (κ1) is 20.6. The molecule has 2 aliphatic rings. The van der Waals surface area contributed by atoms with Crippen molar-refractivity contribution in [3.05, 3.63) is 35.9 Å². The number of rotatable bonds is 8. The number of hydrogen-bond donors (Lipinski definition) is 3. The summed E-state index contributed by atoms with van der Waals surface area (Å²) in [6.07, 6.45) is 7.54. The van der Waals surface area contributed by atoms with Crippen molar-refractivity contribution in [1.29, 1.82) is 0 Å². The first-order chi connectivity index (χ1) is 13.8. The number of carbonyl (C=O) groups is 1. The second-order valence-corrected chi connectivity index (χ2v) is 7.80. The molecule has 6 heteroatoms. The zero-order valence-corrected chi connectivity index (χ0v) is 17.1. The van der Waals surface area contributed by atoms with E-state index in [4.69, 9.17) is 4.99 Å². The van der Waals surface area contributed by atoms with Gasteiger partial charge in [-0.15, -0.1) is 0 Å². The largest absolute Gasteiger partial charge is 0.357 e. The maximum Gasteiger partial charge on any atom is 0.251 e. The number of nitrogens with zero attached hydrogens (tertiary/aromatic N) is 2. The third-order valence-corrected chi connectivity index (χ3v) is 5.67. The Morgan fingerprint density at radius 3 is 2.68 bits per heavy atom. The van der Waals surface area contributed by atoms with Crippen LogP contribution in [0.5, 0.6) is 0 Å². The van der Waals surface area contributed by atoms with Crippen molar-refractivity contribution in [2.24, 2.45) is 4.99 Å². The minimum atomic E-state index is -0.0208. The number of hydrogen-bond acceptors (Lipinski definition) is 3. The lowest BCUT2D eigenvalue weighted by molar-refractivity contribution is 0.0953. The zero-order chi connectivity index (χ0) is 19.6. The van der Waals surface area contributed by atoms with Crippen LogP contribution in [0.2, 0.25) is 0 Å². The van der Waals surface area contributed by atoms with Crippen molar-refractivity contribution < 1.29 is 4.79 Å². The number of nitrogens with one attached hydrogen (secondary N) is 3. The second kappa shape index (κ2) is 11.1.